The Morgan fingerprint density at radius 2 is 1.86 bits per heavy atom. The first-order valence-corrected chi connectivity index (χ1v) is 10.8. The van der Waals surface area contributed by atoms with Crippen LogP contribution in [0.4, 0.5) is 0 Å². The van der Waals surface area contributed by atoms with E-state index in [-0.39, 0.29) is 17.7 Å². The molecule has 1 atom stereocenters. The molecule has 1 unspecified atom stereocenters. The summed E-state index contributed by atoms with van der Waals surface area (Å²) in [7, 11) is 0. The van der Waals surface area contributed by atoms with Crippen molar-refractivity contribution in [1.29, 1.82) is 0 Å². The molecule has 1 aromatic carbocycles. The molecular formula is C23H29N3O3. The number of aromatic nitrogens is 1. The highest BCUT2D eigenvalue weighted by molar-refractivity contribution is 5.84. The van der Waals surface area contributed by atoms with E-state index in [4.69, 9.17) is 4.42 Å². The summed E-state index contributed by atoms with van der Waals surface area (Å²) in [6.45, 7) is 0.881. The van der Waals surface area contributed by atoms with Gasteiger partial charge in [-0.25, -0.2) is 4.98 Å². The van der Waals surface area contributed by atoms with Gasteiger partial charge in [0.2, 0.25) is 17.7 Å². The van der Waals surface area contributed by atoms with E-state index in [1.165, 1.54) is 25.7 Å². The van der Waals surface area contributed by atoms with Crippen molar-refractivity contribution in [3.8, 4) is 11.5 Å². The number of hydrogen-bond donors (Lipinski definition) is 1. The summed E-state index contributed by atoms with van der Waals surface area (Å²) in [6, 6.07) is 10.0. The van der Waals surface area contributed by atoms with Crippen molar-refractivity contribution in [3.63, 3.8) is 0 Å². The number of hydrogen-bond acceptors (Lipinski definition) is 4. The van der Waals surface area contributed by atoms with Gasteiger partial charge < -0.3 is 14.6 Å². The zero-order chi connectivity index (χ0) is 20.1. The van der Waals surface area contributed by atoms with Gasteiger partial charge in [-0.15, -0.1) is 0 Å². The van der Waals surface area contributed by atoms with Gasteiger partial charge in [0.15, 0.2) is 0 Å². The van der Waals surface area contributed by atoms with Crippen molar-refractivity contribution in [2.45, 2.75) is 64.0 Å². The molecule has 4 rings (SSSR count). The number of rotatable bonds is 5. The molecule has 0 spiro atoms. The highest BCUT2D eigenvalue weighted by atomic mass is 16.3. The van der Waals surface area contributed by atoms with Crippen molar-refractivity contribution in [3.05, 3.63) is 42.3 Å². The van der Waals surface area contributed by atoms with E-state index in [2.05, 4.69) is 10.3 Å². The first-order valence-electron chi connectivity index (χ1n) is 10.8. The Bertz CT molecular complexity index is 825. The van der Waals surface area contributed by atoms with Crippen LogP contribution in [0.2, 0.25) is 0 Å². The molecule has 2 heterocycles. The molecule has 1 N–H and O–H groups in total. The molecule has 6 nitrogen and oxygen atoms in total. The lowest BCUT2D eigenvalue weighted by atomic mass is 9.93. The van der Waals surface area contributed by atoms with Gasteiger partial charge in [-0.05, 0) is 31.4 Å². The fourth-order valence-electron chi connectivity index (χ4n) is 4.43. The molecule has 6 heteroatoms. The smallest absolute Gasteiger partial charge is 0.226 e. The molecule has 1 saturated heterocycles. The van der Waals surface area contributed by atoms with Crippen molar-refractivity contribution in [2.75, 3.05) is 6.54 Å². The Morgan fingerprint density at radius 1 is 1.10 bits per heavy atom. The number of benzene rings is 1. The van der Waals surface area contributed by atoms with E-state index in [0.29, 0.717) is 43.6 Å². The summed E-state index contributed by atoms with van der Waals surface area (Å²) in [5, 5.41) is 2.98. The van der Waals surface area contributed by atoms with Gasteiger partial charge in [0.25, 0.3) is 0 Å². The summed E-state index contributed by atoms with van der Waals surface area (Å²) in [6.07, 6.45) is 9.70. The summed E-state index contributed by atoms with van der Waals surface area (Å²) >= 11 is 0. The number of nitrogens with zero attached hydrogens (tertiary/aromatic N) is 2. The van der Waals surface area contributed by atoms with Crippen LogP contribution in [-0.2, 0) is 16.1 Å². The molecule has 29 heavy (non-hydrogen) atoms. The van der Waals surface area contributed by atoms with E-state index >= 15 is 0 Å². The SMILES string of the molecule is O=C(NCc1coc(-c2ccccc2)n1)C1CCC(=O)N(C2CCCCCC2)C1. The van der Waals surface area contributed by atoms with Crippen LogP contribution in [0.25, 0.3) is 11.5 Å². The monoisotopic (exact) mass is 395 g/mol. The number of carbonyl (C=O) groups excluding carboxylic acids is 2. The largest absolute Gasteiger partial charge is 0.444 e. The van der Waals surface area contributed by atoms with Crippen LogP contribution in [-0.4, -0.2) is 34.3 Å². The lowest BCUT2D eigenvalue weighted by Crippen LogP contribution is -2.49. The molecule has 0 radical (unpaired) electrons. The molecule has 0 bridgehead atoms. The third-order valence-electron chi connectivity index (χ3n) is 6.10. The minimum Gasteiger partial charge on any atom is -0.444 e. The van der Waals surface area contributed by atoms with Gasteiger partial charge in [0.1, 0.15) is 6.26 Å². The van der Waals surface area contributed by atoms with E-state index in [1.54, 1.807) is 6.26 Å². The topological polar surface area (TPSA) is 75.4 Å². The standard InChI is InChI=1S/C23H29N3O3/c27-21-13-12-18(15-26(21)20-10-6-1-2-7-11-20)22(28)24-14-19-16-29-23(25-19)17-8-4-3-5-9-17/h3-5,8-9,16,18,20H,1-2,6-7,10-15H2,(H,24,28). The van der Waals surface area contributed by atoms with Gasteiger partial charge in [-0.3, -0.25) is 9.59 Å². The number of amides is 2. The van der Waals surface area contributed by atoms with Crippen LogP contribution in [0.1, 0.15) is 57.1 Å². The molecular weight excluding hydrogens is 366 g/mol. The normalized spacial score (nSPS) is 21.0. The van der Waals surface area contributed by atoms with Crippen LogP contribution in [0, 0.1) is 5.92 Å². The highest BCUT2D eigenvalue weighted by Crippen LogP contribution is 2.27. The zero-order valence-corrected chi connectivity index (χ0v) is 16.8. The number of piperidine rings is 1. The van der Waals surface area contributed by atoms with Crippen molar-refractivity contribution >= 4 is 11.8 Å². The second kappa shape index (κ2) is 9.25. The number of nitrogens with one attached hydrogen (secondary N) is 1. The first kappa shape index (κ1) is 19.7. The van der Waals surface area contributed by atoms with E-state index < -0.39 is 0 Å². The van der Waals surface area contributed by atoms with Crippen molar-refractivity contribution < 1.29 is 14.0 Å². The lowest BCUT2D eigenvalue weighted by Gasteiger charge is -2.37. The lowest BCUT2D eigenvalue weighted by molar-refractivity contribution is -0.141. The zero-order valence-electron chi connectivity index (χ0n) is 16.8. The molecule has 2 aliphatic rings. The van der Waals surface area contributed by atoms with Gasteiger partial charge in [-0.1, -0.05) is 43.9 Å². The molecule has 2 aromatic rings. The molecule has 1 aliphatic carbocycles. The van der Waals surface area contributed by atoms with Crippen molar-refractivity contribution in [2.24, 2.45) is 5.92 Å². The van der Waals surface area contributed by atoms with Crippen LogP contribution in [0.15, 0.2) is 41.0 Å². The van der Waals surface area contributed by atoms with Gasteiger partial charge in [0.05, 0.1) is 18.2 Å². The summed E-state index contributed by atoms with van der Waals surface area (Å²) < 4.78 is 5.54. The third kappa shape index (κ3) is 4.86. The molecule has 154 valence electrons. The molecule has 2 fully saturated rings. The number of likely N-dealkylation sites (tertiary alicyclic amines) is 1. The molecule has 1 aliphatic heterocycles. The third-order valence-corrected chi connectivity index (χ3v) is 6.10. The van der Waals surface area contributed by atoms with E-state index in [1.807, 2.05) is 35.2 Å². The number of carbonyl (C=O) groups is 2. The predicted molar refractivity (Wildman–Crippen MR) is 110 cm³/mol. The van der Waals surface area contributed by atoms with Gasteiger partial charge in [0, 0.05) is 24.6 Å². The average molecular weight is 396 g/mol. The fourth-order valence-corrected chi connectivity index (χ4v) is 4.43. The Labute approximate surface area is 171 Å². The quantitative estimate of drug-likeness (QED) is 0.779. The van der Waals surface area contributed by atoms with Crippen LogP contribution < -0.4 is 5.32 Å². The van der Waals surface area contributed by atoms with Crippen LogP contribution >= 0.6 is 0 Å². The molecule has 1 aromatic heterocycles. The summed E-state index contributed by atoms with van der Waals surface area (Å²) in [5.74, 6) is 0.624. The minimum absolute atomic E-state index is 0.000355. The molecule has 2 amide bonds. The maximum atomic E-state index is 12.7. The second-order valence-electron chi connectivity index (χ2n) is 8.15. The minimum atomic E-state index is -0.142. The van der Waals surface area contributed by atoms with Gasteiger partial charge >= 0.3 is 0 Å². The maximum absolute atomic E-state index is 12.7. The summed E-state index contributed by atoms with van der Waals surface area (Å²) in [4.78, 5) is 31.7. The first-order chi connectivity index (χ1) is 14.2. The van der Waals surface area contributed by atoms with Gasteiger partial charge in [-0.2, -0.15) is 0 Å². The van der Waals surface area contributed by atoms with Crippen LogP contribution in [0.5, 0.6) is 0 Å². The van der Waals surface area contributed by atoms with Crippen molar-refractivity contribution in [1.82, 2.24) is 15.2 Å². The van der Waals surface area contributed by atoms with Crippen LogP contribution in [0.3, 0.4) is 0 Å². The second-order valence-corrected chi connectivity index (χ2v) is 8.15. The fraction of sp³-hybridized carbons (Fsp3) is 0.522. The summed E-state index contributed by atoms with van der Waals surface area (Å²) in [5.41, 5.74) is 1.61. The molecule has 1 saturated carbocycles. The Balaban J connectivity index is 1.32. The number of oxazole rings is 1. The van der Waals surface area contributed by atoms with E-state index in [0.717, 1.165) is 18.4 Å². The Hall–Kier alpha value is -2.63. The average Bonchev–Trinajstić information content (AvgIpc) is 3.07. The highest BCUT2D eigenvalue weighted by Gasteiger charge is 2.34. The van der Waals surface area contributed by atoms with E-state index in [9.17, 15) is 9.59 Å². The Morgan fingerprint density at radius 3 is 2.62 bits per heavy atom. The Kier molecular flexibility index (Phi) is 6.27. The predicted octanol–water partition coefficient (Wildman–Crippen LogP) is 3.92. The maximum Gasteiger partial charge on any atom is 0.226 e.